The van der Waals surface area contributed by atoms with Crippen LogP contribution in [0.1, 0.15) is 16.7 Å². The number of fused-ring (bicyclic) bond motifs is 4. The van der Waals surface area contributed by atoms with Gasteiger partial charge >= 0.3 is 6.01 Å². The van der Waals surface area contributed by atoms with Crippen LogP contribution in [0, 0.1) is 0 Å². The molecule has 1 fully saturated rings. The average Bonchev–Trinajstić information content (AvgIpc) is 3.51. The summed E-state index contributed by atoms with van der Waals surface area (Å²) in [4.78, 5) is 18.7. The molecular formula is C35H32N2O6. The van der Waals surface area contributed by atoms with E-state index >= 15 is 0 Å². The first-order valence-electron chi connectivity index (χ1n) is 14.5. The molecule has 8 nitrogen and oxygen atoms in total. The second-order valence-corrected chi connectivity index (χ2v) is 10.8. The van der Waals surface area contributed by atoms with Crippen LogP contribution in [0.2, 0.25) is 0 Å². The number of rotatable bonds is 11. The van der Waals surface area contributed by atoms with Gasteiger partial charge in [-0.15, -0.1) is 0 Å². The van der Waals surface area contributed by atoms with E-state index in [9.17, 15) is 4.79 Å². The summed E-state index contributed by atoms with van der Waals surface area (Å²) < 4.78 is 33.8. The Morgan fingerprint density at radius 1 is 0.721 bits per heavy atom. The van der Waals surface area contributed by atoms with E-state index in [1.807, 2.05) is 103 Å². The summed E-state index contributed by atoms with van der Waals surface area (Å²) in [6.45, 7) is 1.39. The van der Waals surface area contributed by atoms with Gasteiger partial charge in [-0.1, -0.05) is 103 Å². The van der Waals surface area contributed by atoms with Crippen LogP contribution in [0.25, 0.3) is 10.9 Å². The molecular weight excluding hydrogens is 544 g/mol. The SMILES string of the molecule is O=c1c2ccccc2nc2n1C1(COCc3ccccc3)O[C@H](COCc3ccccc3)[C@@H](OCc3ccccc3)[C@@H]1O2. The Labute approximate surface area is 249 Å². The molecule has 4 atom stereocenters. The molecule has 1 unspecified atom stereocenters. The fraction of sp³-hybridized carbons (Fsp3) is 0.257. The molecule has 3 heterocycles. The molecule has 7 rings (SSSR count). The van der Waals surface area contributed by atoms with E-state index in [0.29, 0.717) is 30.7 Å². The Balaban J connectivity index is 1.23. The van der Waals surface area contributed by atoms with Gasteiger partial charge < -0.3 is 23.7 Å². The van der Waals surface area contributed by atoms with Crippen molar-refractivity contribution in [3.8, 4) is 6.01 Å². The summed E-state index contributed by atoms with van der Waals surface area (Å²) in [5.41, 5.74) is 2.08. The zero-order valence-electron chi connectivity index (χ0n) is 23.6. The van der Waals surface area contributed by atoms with Crippen molar-refractivity contribution in [3.63, 3.8) is 0 Å². The van der Waals surface area contributed by atoms with Crippen molar-refractivity contribution in [3.05, 3.63) is 142 Å². The van der Waals surface area contributed by atoms with Crippen LogP contribution < -0.4 is 10.3 Å². The first-order valence-corrected chi connectivity index (χ1v) is 14.5. The van der Waals surface area contributed by atoms with Crippen molar-refractivity contribution in [2.75, 3.05) is 13.2 Å². The summed E-state index contributed by atoms with van der Waals surface area (Å²) in [5.74, 6) is 0. The van der Waals surface area contributed by atoms with Crippen LogP contribution in [0.3, 0.4) is 0 Å². The number of hydrogen-bond donors (Lipinski definition) is 0. The van der Waals surface area contributed by atoms with E-state index in [1.165, 1.54) is 4.57 Å². The van der Waals surface area contributed by atoms with Gasteiger partial charge in [-0.05, 0) is 28.8 Å². The Morgan fingerprint density at radius 2 is 1.30 bits per heavy atom. The van der Waals surface area contributed by atoms with Gasteiger partial charge in [-0.25, -0.2) is 4.57 Å². The van der Waals surface area contributed by atoms with Crippen molar-refractivity contribution in [1.29, 1.82) is 0 Å². The molecule has 8 heteroatoms. The molecule has 43 heavy (non-hydrogen) atoms. The van der Waals surface area contributed by atoms with Crippen molar-refractivity contribution >= 4 is 10.9 Å². The van der Waals surface area contributed by atoms with Crippen LogP contribution in [0.4, 0.5) is 0 Å². The van der Waals surface area contributed by atoms with Crippen molar-refractivity contribution in [2.45, 2.75) is 43.9 Å². The van der Waals surface area contributed by atoms with Crippen molar-refractivity contribution < 1.29 is 23.7 Å². The van der Waals surface area contributed by atoms with E-state index < -0.39 is 24.0 Å². The minimum absolute atomic E-state index is 0.0554. The number of para-hydroxylation sites is 1. The fourth-order valence-electron chi connectivity index (χ4n) is 5.85. The lowest BCUT2D eigenvalue weighted by Gasteiger charge is -2.28. The third-order valence-corrected chi connectivity index (χ3v) is 7.92. The van der Waals surface area contributed by atoms with Crippen LogP contribution in [-0.4, -0.2) is 41.1 Å². The summed E-state index contributed by atoms with van der Waals surface area (Å²) in [5, 5.41) is 0.479. The second-order valence-electron chi connectivity index (χ2n) is 10.8. The summed E-state index contributed by atoms with van der Waals surface area (Å²) in [6, 6.07) is 37.2. The lowest BCUT2D eigenvalue weighted by atomic mass is 10.0. The maximum absolute atomic E-state index is 14.0. The van der Waals surface area contributed by atoms with E-state index in [2.05, 4.69) is 0 Å². The van der Waals surface area contributed by atoms with Crippen LogP contribution >= 0.6 is 0 Å². The number of benzene rings is 4. The summed E-state index contributed by atoms with van der Waals surface area (Å²) in [6.07, 6.45) is -1.81. The number of ether oxygens (including phenoxy) is 5. The molecule has 0 radical (unpaired) electrons. The fourth-order valence-corrected chi connectivity index (χ4v) is 5.85. The molecule has 0 amide bonds. The Hall–Kier alpha value is -4.34. The standard InChI is InChI=1S/C35H32N2O6/c38-33-28-18-10-11-19-29(28)36-34-37(33)35(24-40-21-26-14-6-2-7-15-26)32(42-34)31(41-22-27-16-8-3-9-17-27)30(43-35)23-39-20-25-12-4-1-5-13-25/h1-19,30-32H,20-24H2/t30-,31-,32+,35?/m1/s1. The normalized spacial score (nSPS) is 22.3. The lowest BCUT2D eigenvalue weighted by molar-refractivity contribution is -0.166. The van der Waals surface area contributed by atoms with Crippen LogP contribution in [0.15, 0.2) is 120 Å². The van der Waals surface area contributed by atoms with Crippen LogP contribution in [0.5, 0.6) is 6.01 Å². The molecule has 5 aromatic rings. The summed E-state index contributed by atoms with van der Waals surface area (Å²) in [7, 11) is 0. The van der Waals surface area contributed by atoms with Gasteiger partial charge in [-0.3, -0.25) is 4.79 Å². The molecule has 0 saturated carbocycles. The molecule has 0 aliphatic carbocycles. The van der Waals surface area contributed by atoms with Gasteiger partial charge in [0.05, 0.1) is 43.9 Å². The van der Waals surface area contributed by atoms with Gasteiger partial charge in [0, 0.05) is 0 Å². The molecule has 0 spiro atoms. The van der Waals surface area contributed by atoms with Gasteiger partial charge in [0.1, 0.15) is 12.2 Å². The minimum Gasteiger partial charge on any atom is -0.453 e. The third kappa shape index (κ3) is 5.46. The second kappa shape index (κ2) is 12.1. The quantitative estimate of drug-likeness (QED) is 0.213. The first kappa shape index (κ1) is 27.5. The van der Waals surface area contributed by atoms with E-state index in [-0.39, 0.29) is 24.8 Å². The van der Waals surface area contributed by atoms with Crippen LogP contribution in [-0.2, 0) is 44.5 Å². The van der Waals surface area contributed by atoms with Gasteiger partial charge in [0.2, 0.25) is 5.72 Å². The number of hydrogen-bond acceptors (Lipinski definition) is 7. The molecule has 0 bridgehead atoms. The Kier molecular flexibility index (Phi) is 7.74. The number of nitrogens with zero attached hydrogens (tertiary/aromatic N) is 2. The molecule has 218 valence electrons. The molecule has 0 N–H and O–H groups in total. The highest BCUT2D eigenvalue weighted by Gasteiger charge is 2.64. The monoisotopic (exact) mass is 576 g/mol. The molecule has 2 aliphatic heterocycles. The van der Waals surface area contributed by atoms with E-state index in [4.69, 9.17) is 28.7 Å². The highest BCUT2D eigenvalue weighted by atomic mass is 16.7. The zero-order valence-corrected chi connectivity index (χ0v) is 23.6. The number of aromatic nitrogens is 2. The van der Waals surface area contributed by atoms with Crippen molar-refractivity contribution in [2.24, 2.45) is 0 Å². The predicted octanol–water partition coefficient (Wildman–Crippen LogP) is 5.23. The topological polar surface area (TPSA) is 81.0 Å². The first-order chi connectivity index (χ1) is 21.2. The maximum atomic E-state index is 14.0. The highest BCUT2D eigenvalue weighted by molar-refractivity contribution is 5.77. The lowest BCUT2D eigenvalue weighted by Crippen LogP contribution is -2.50. The average molecular weight is 577 g/mol. The largest absolute Gasteiger partial charge is 0.453 e. The molecule has 1 aromatic heterocycles. The highest BCUT2D eigenvalue weighted by Crippen LogP contribution is 2.46. The third-order valence-electron chi connectivity index (χ3n) is 7.92. The van der Waals surface area contributed by atoms with Gasteiger partial charge in [0.25, 0.3) is 5.56 Å². The van der Waals surface area contributed by atoms with E-state index in [0.717, 1.165) is 16.7 Å². The van der Waals surface area contributed by atoms with Gasteiger partial charge in [-0.2, -0.15) is 4.98 Å². The summed E-state index contributed by atoms with van der Waals surface area (Å²) >= 11 is 0. The zero-order chi connectivity index (χ0) is 29.1. The minimum atomic E-state index is -1.31. The molecule has 4 aromatic carbocycles. The smallest absolute Gasteiger partial charge is 0.302 e. The van der Waals surface area contributed by atoms with E-state index in [1.54, 1.807) is 12.1 Å². The Bertz CT molecular complexity index is 1730. The Morgan fingerprint density at radius 3 is 1.98 bits per heavy atom. The molecule has 2 aliphatic rings. The van der Waals surface area contributed by atoms with Gasteiger partial charge in [0.15, 0.2) is 6.10 Å². The van der Waals surface area contributed by atoms with Crippen molar-refractivity contribution in [1.82, 2.24) is 9.55 Å². The maximum Gasteiger partial charge on any atom is 0.302 e. The predicted molar refractivity (Wildman–Crippen MR) is 160 cm³/mol. The molecule has 1 saturated heterocycles.